The van der Waals surface area contributed by atoms with Gasteiger partial charge in [-0.15, -0.1) is 0 Å². The molecule has 0 aliphatic heterocycles. The molecule has 0 radical (unpaired) electrons. The summed E-state index contributed by atoms with van der Waals surface area (Å²) in [4.78, 5) is 2.37. The Kier molecular flexibility index (Phi) is 8.81. The number of nitrogens with zero attached hydrogens (tertiary/aromatic N) is 1. The fourth-order valence-electron chi connectivity index (χ4n) is 1.61. The molecule has 0 unspecified atom stereocenters. The van der Waals surface area contributed by atoms with Crippen molar-refractivity contribution in [1.29, 1.82) is 0 Å². The van der Waals surface area contributed by atoms with E-state index in [4.69, 9.17) is 0 Å². The van der Waals surface area contributed by atoms with Crippen molar-refractivity contribution in [3.05, 3.63) is 11.8 Å². The predicted octanol–water partition coefficient (Wildman–Crippen LogP) is 4.20. The van der Waals surface area contributed by atoms with E-state index in [-0.39, 0.29) is 0 Å². The largest absolute Gasteiger partial charge is 0.378 e. The van der Waals surface area contributed by atoms with Gasteiger partial charge in [-0.1, -0.05) is 31.8 Å². The lowest BCUT2D eigenvalue weighted by atomic mass is 10.1. The van der Waals surface area contributed by atoms with E-state index < -0.39 is 0 Å². The maximum absolute atomic E-state index is 2.37. The number of hydrogen-bond acceptors (Lipinski definition) is 1. The Morgan fingerprint density at radius 2 is 1.64 bits per heavy atom. The zero-order chi connectivity index (χ0) is 10.8. The molecule has 0 N–H and O–H groups in total. The van der Waals surface area contributed by atoms with Crippen molar-refractivity contribution in [2.45, 2.75) is 59.8 Å². The third-order valence-electron chi connectivity index (χ3n) is 2.64. The number of rotatable bonds is 8. The quantitative estimate of drug-likeness (QED) is 0.527. The smallest absolute Gasteiger partial charge is 0.0143 e. The van der Waals surface area contributed by atoms with E-state index in [0.717, 1.165) is 13.1 Å². The van der Waals surface area contributed by atoms with Gasteiger partial charge >= 0.3 is 0 Å². The predicted molar refractivity (Wildman–Crippen MR) is 65.4 cm³/mol. The van der Waals surface area contributed by atoms with Gasteiger partial charge in [-0.2, -0.15) is 0 Å². The maximum atomic E-state index is 2.37. The first-order valence-electron chi connectivity index (χ1n) is 6.15. The van der Waals surface area contributed by atoms with Crippen LogP contribution in [0.15, 0.2) is 11.8 Å². The van der Waals surface area contributed by atoms with Gasteiger partial charge in [0.15, 0.2) is 0 Å². The van der Waals surface area contributed by atoms with Gasteiger partial charge in [0.25, 0.3) is 0 Å². The number of hydrogen-bond donors (Lipinski definition) is 0. The summed E-state index contributed by atoms with van der Waals surface area (Å²) in [5.74, 6) is 0. The molecule has 0 aromatic rings. The molecule has 84 valence electrons. The third kappa shape index (κ3) is 6.99. The summed E-state index contributed by atoms with van der Waals surface area (Å²) in [6.07, 6.45) is 9.07. The second-order valence-electron chi connectivity index (χ2n) is 4.01. The molecule has 0 aromatic carbocycles. The van der Waals surface area contributed by atoms with Crippen LogP contribution in [0.1, 0.15) is 59.8 Å². The molecule has 0 rings (SSSR count). The van der Waals surface area contributed by atoms with Crippen molar-refractivity contribution in [2.75, 3.05) is 13.1 Å². The molecule has 0 saturated carbocycles. The van der Waals surface area contributed by atoms with Crippen LogP contribution in [0.25, 0.3) is 0 Å². The van der Waals surface area contributed by atoms with E-state index in [1.165, 1.54) is 37.7 Å². The molecule has 0 saturated heterocycles. The van der Waals surface area contributed by atoms with Gasteiger partial charge in [-0.05, 0) is 39.8 Å². The monoisotopic (exact) mass is 197 g/mol. The van der Waals surface area contributed by atoms with Crippen LogP contribution in [-0.4, -0.2) is 18.0 Å². The lowest BCUT2D eigenvalue weighted by Gasteiger charge is -2.16. The van der Waals surface area contributed by atoms with Crippen molar-refractivity contribution < 1.29 is 0 Å². The van der Waals surface area contributed by atoms with Gasteiger partial charge < -0.3 is 4.90 Å². The molecule has 0 aromatic heterocycles. The van der Waals surface area contributed by atoms with Gasteiger partial charge in [0.1, 0.15) is 0 Å². The standard InChI is InChI=1S/C13H27N/c1-5-8-9-10-11-13(4)12-14(6-2)7-3/h12H,5-11H2,1-4H3/b13-12+. The Morgan fingerprint density at radius 1 is 1.00 bits per heavy atom. The topological polar surface area (TPSA) is 3.24 Å². The fourth-order valence-corrected chi connectivity index (χ4v) is 1.61. The van der Waals surface area contributed by atoms with Crippen molar-refractivity contribution in [1.82, 2.24) is 4.90 Å². The molecule has 0 amide bonds. The highest BCUT2D eigenvalue weighted by atomic mass is 15.1. The van der Waals surface area contributed by atoms with Gasteiger partial charge in [0, 0.05) is 13.1 Å². The highest BCUT2D eigenvalue weighted by molar-refractivity contribution is 4.97. The Balaban J connectivity index is 3.64. The van der Waals surface area contributed by atoms with Crippen LogP contribution < -0.4 is 0 Å². The summed E-state index contributed by atoms with van der Waals surface area (Å²) < 4.78 is 0. The highest BCUT2D eigenvalue weighted by Gasteiger charge is 1.95. The lowest BCUT2D eigenvalue weighted by molar-refractivity contribution is 0.413. The van der Waals surface area contributed by atoms with Crippen LogP contribution in [0, 0.1) is 0 Å². The SMILES string of the molecule is CCCCCC/C(C)=C/N(CC)CC. The number of allylic oxidation sites excluding steroid dienone is 1. The van der Waals surface area contributed by atoms with E-state index in [0.29, 0.717) is 0 Å². The minimum absolute atomic E-state index is 1.13. The number of unbranched alkanes of at least 4 members (excludes halogenated alkanes) is 3. The van der Waals surface area contributed by atoms with E-state index >= 15 is 0 Å². The molecule has 1 heteroatoms. The maximum Gasteiger partial charge on any atom is 0.0143 e. The van der Waals surface area contributed by atoms with Crippen molar-refractivity contribution in [3.63, 3.8) is 0 Å². The van der Waals surface area contributed by atoms with Crippen molar-refractivity contribution >= 4 is 0 Å². The fraction of sp³-hybridized carbons (Fsp3) is 0.846. The molecule has 1 nitrogen and oxygen atoms in total. The van der Waals surface area contributed by atoms with Crippen LogP contribution >= 0.6 is 0 Å². The minimum Gasteiger partial charge on any atom is -0.378 e. The molecule has 0 aliphatic rings. The summed E-state index contributed by atoms with van der Waals surface area (Å²) in [5, 5.41) is 0. The van der Waals surface area contributed by atoms with Crippen LogP contribution in [-0.2, 0) is 0 Å². The third-order valence-corrected chi connectivity index (χ3v) is 2.64. The molecule has 0 aliphatic carbocycles. The minimum atomic E-state index is 1.13. The average molecular weight is 197 g/mol. The molecule has 0 atom stereocenters. The first-order valence-corrected chi connectivity index (χ1v) is 6.15. The highest BCUT2D eigenvalue weighted by Crippen LogP contribution is 2.10. The first-order chi connectivity index (χ1) is 6.74. The lowest BCUT2D eigenvalue weighted by Crippen LogP contribution is -2.15. The zero-order valence-electron chi connectivity index (χ0n) is 10.5. The molecule has 0 spiro atoms. The van der Waals surface area contributed by atoms with Crippen molar-refractivity contribution in [2.24, 2.45) is 0 Å². The molecule has 0 bridgehead atoms. The normalized spacial score (nSPS) is 11.9. The Morgan fingerprint density at radius 3 is 2.14 bits per heavy atom. The van der Waals surface area contributed by atoms with Crippen LogP contribution in [0.4, 0.5) is 0 Å². The summed E-state index contributed by atoms with van der Waals surface area (Å²) in [7, 11) is 0. The van der Waals surface area contributed by atoms with Crippen LogP contribution in [0.3, 0.4) is 0 Å². The molecule has 14 heavy (non-hydrogen) atoms. The van der Waals surface area contributed by atoms with E-state index in [1.54, 1.807) is 0 Å². The average Bonchev–Trinajstić information content (AvgIpc) is 2.21. The Labute approximate surface area is 90.2 Å². The molecule has 0 fully saturated rings. The van der Waals surface area contributed by atoms with Crippen LogP contribution in [0.2, 0.25) is 0 Å². The Hall–Kier alpha value is -0.460. The molecular formula is C13H27N. The second kappa shape index (κ2) is 9.11. The molecule has 0 heterocycles. The summed E-state index contributed by atoms with van der Waals surface area (Å²) >= 11 is 0. The van der Waals surface area contributed by atoms with Gasteiger partial charge in [0.05, 0.1) is 0 Å². The summed E-state index contributed by atoms with van der Waals surface area (Å²) in [5.41, 5.74) is 1.53. The van der Waals surface area contributed by atoms with Gasteiger partial charge in [0.2, 0.25) is 0 Å². The van der Waals surface area contributed by atoms with E-state index in [1.807, 2.05) is 0 Å². The first kappa shape index (κ1) is 13.5. The van der Waals surface area contributed by atoms with E-state index in [9.17, 15) is 0 Å². The summed E-state index contributed by atoms with van der Waals surface area (Å²) in [6.45, 7) is 11.2. The zero-order valence-corrected chi connectivity index (χ0v) is 10.5. The summed E-state index contributed by atoms with van der Waals surface area (Å²) in [6, 6.07) is 0. The molecular weight excluding hydrogens is 170 g/mol. The van der Waals surface area contributed by atoms with Gasteiger partial charge in [-0.25, -0.2) is 0 Å². The van der Waals surface area contributed by atoms with Crippen molar-refractivity contribution in [3.8, 4) is 0 Å². The van der Waals surface area contributed by atoms with Crippen LogP contribution in [0.5, 0.6) is 0 Å². The Bertz CT molecular complexity index is 145. The van der Waals surface area contributed by atoms with E-state index in [2.05, 4.69) is 38.8 Å². The van der Waals surface area contributed by atoms with Gasteiger partial charge in [-0.3, -0.25) is 0 Å². The second-order valence-corrected chi connectivity index (χ2v) is 4.01.